The first-order chi connectivity index (χ1) is 18.4. The van der Waals surface area contributed by atoms with E-state index in [1.165, 1.54) is 41.7 Å². The lowest BCUT2D eigenvalue weighted by molar-refractivity contribution is -0.166. The van der Waals surface area contributed by atoms with Gasteiger partial charge in [0.2, 0.25) is 0 Å². The van der Waals surface area contributed by atoms with Crippen LogP contribution in [0, 0.1) is 17.3 Å². The maximum Gasteiger partial charge on any atom is 0.190 e. The Labute approximate surface area is 227 Å². The largest absolute Gasteiger partial charge is 0.377 e. The highest BCUT2D eigenvalue weighted by Crippen LogP contribution is 2.67. The number of anilines is 1. The summed E-state index contributed by atoms with van der Waals surface area (Å²) in [6, 6.07) is 9.31. The van der Waals surface area contributed by atoms with Crippen LogP contribution in [0.5, 0.6) is 0 Å². The number of ether oxygens (including phenoxy) is 2. The van der Waals surface area contributed by atoms with Crippen molar-refractivity contribution in [2.24, 2.45) is 17.3 Å². The van der Waals surface area contributed by atoms with E-state index in [0.29, 0.717) is 18.3 Å². The van der Waals surface area contributed by atoms with Gasteiger partial charge in [-0.15, -0.1) is 0 Å². The van der Waals surface area contributed by atoms with Crippen LogP contribution in [0.25, 0.3) is 0 Å². The number of fused-ring (bicyclic) bond motifs is 4. The second-order valence-electron chi connectivity index (χ2n) is 12.6. The molecule has 6 rings (SSSR count). The summed E-state index contributed by atoms with van der Waals surface area (Å²) in [5.41, 5.74) is 5.87. The Kier molecular flexibility index (Phi) is 6.88. The third-order valence-electron chi connectivity index (χ3n) is 10.9. The third-order valence-corrected chi connectivity index (χ3v) is 10.9. The summed E-state index contributed by atoms with van der Waals surface area (Å²) < 4.78 is 11.6. The summed E-state index contributed by atoms with van der Waals surface area (Å²) in [6.07, 6.45) is 11.9. The number of allylic oxidation sites excluding steroid dienone is 4. The van der Waals surface area contributed by atoms with Crippen molar-refractivity contribution in [1.82, 2.24) is 0 Å². The van der Waals surface area contributed by atoms with Gasteiger partial charge in [0.25, 0.3) is 0 Å². The Morgan fingerprint density at radius 1 is 1.03 bits per heavy atom. The molecule has 0 bridgehead atoms. The van der Waals surface area contributed by atoms with Crippen molar-refractivity contribution in [3.05, 3.63) is 52.6 Å². The molecule has 1 aromatic carbocycles. The molecular weight excluding hydrogens is 474 g/mol. The molecule has 4 aliphatic carbocycles. The first-order valence-corrected chi connectivity index (χ1v) is 14.8. The number of hydrogen-bond donors (Lipinski definition) is 0. The van der Waals surface area contributed by atoms with Crippen LogP contribution in [0.2, 0.25) is 0 Å². The maximum atomic E-state index is 13.6. The number of carbonyl (C=O) groups is 2. The van der Waals surface area contributed by atoms with Gasteiger partial charge < -0.3 is 14.4 Å². The van der Waals surface area contributed by atoms with Gasteiger partial charge in [-0.2, -0.15) is 0 Å². The highest BCUT2D eigenvalue weighted by Gasteiger charge is 2.66. The zero-order chi connectivity index (χ0) is 26.5. The molecule has 1 saturated heterocycles. The maximum absolute atomic E-state index is 13.6. The average molecular weight is 518 g/mol. The average Bonchev–Trinajstić information content (AvgIpc) is 3.26. The van der Waals surface area contributed by atoms with Gasteiger partial charge in [0, 0.05) is 50.8 Å². The molecule has 5 nitrogen and oxygen atoms in total. The lowest BCUT2D eigenvalue weighted by Crippen LogP contribution is -2.57. The third kappa shape index (κ3) is 3.95. The van der Waals surface area contributed by atoms with Crippen LogP contribution in [0.3, 0.4) is 0 Å². The van der Waals surface area contributed by atoms with Crippen molar-refractivity contribution >= 4 is 17.3 Å². The minimum atomic E-state index is -0.811. The predicted octanol–water partition coefficient (Wildman–Crippen LogP) is 6.18. The van der Waals surface area contributed by atoms with E-state index in [-0.39, 0.29) is 29.5 Å². The van der Waals surface area contributed by atoms with E-state index in [4.69, 9.17) is 9.47 Å². The van der Waals surface area contributed by atoms with E-state index < -0.39 is 5.60 Å². The zero-order valence-electron chi connectivity index (χ0n) is 23.4. The van der Waals surface area contributed by atoms with E-state index in [0.717, 1.165) is 51.6 Å². The Hall–Kier alpha value is -2.24. The summed E-state index contributed by atoms with van der Waals surface area (Å²) in [5, 5.41) is 0. The van der Waals surface area contributed by atoms with Gasteiger partial charge in [-0.3, -0.25) is 9.59 Å². The summed E-state index contributed by atoms with van der Waals surface area (Å²) in [5.74, 6) is 1.41. The molecule has 2 saturated carbocycles. The van der Waals surface area contributed by atoms with Crippen molar-refractivity contribution < 1.29 is 19.1 Å². The van der Waals surface area contributed by atoms with Gasteiger partial charge in [-0.1, -0.05) is 24.6 Å². The SMILES string of the molecule is COCC(=O)[C@@]1(OC)CC[C@H]2[C@@H]3CCC4=CC(=O)CCC4=C3[C@@H](c3ccc(N4CCCCC4)cc3)C[C@@]21C. The first kappa shape index (κ1) is 26.0. The summed E-state index contributed by atoms with van der Waals surface area (Å²) in [4.78, 5) is 28.5. The van der Waals surface area contributed by atoms with Crippen molar-refractivity contribution in [3.8, 4) is 0 Å². The molecule has 1 aromatic rings. The van der Waals surface area contributed by atoms with E-state index in [2.05, 4.69) is 36.1 Å². The van der Waals surface area contributed by atoms with Gasteiger partial charge in [-0.05, 0) is 105 Å². The van der Waals surface area contributed by atoms with Crippen molar-refractivity contribution in [1.29, 1.82) is 0 Å². The monoisotopic (exact) mass is 517 g/mol. The minimum Gasteiger partial charge on any atom is -0.377 e. The fourth-order valence-electron chi connectivity index (χ4n) is 9.17. The minimum absolute atomic E-state index is 0.0856. The second kappa shape index (κ2) is 10.1. The Balaban J connectivity index is 1.45. The molecule has 0 spiro atoms. The molecule has 0 radical (unpaired) electrons. The lowest BCUT2D eigenvalue weighted by Gasteiger charge is -2.55. The van der Waals surface area contributed by atoms with Gasteiger partial charge in [0.15, 0.2) is 11.6 Å². The topological polar surface area (TPSA) is 55.8 Å². The number of methoxy groups -OCH3 is 2. The summed E-state index contributed by atoms with van der Waals surface area (Å²) in [6.45, 7) is 4.70. The quantitative estimate of drug-likeness (QED) is 0.451. The fraction of sp³-hybridized carbons (Fsp3) is 0.636. The number of nitrogens with zero attached hydrogens (tertiary/aromatic N) is 1. The highest BCUT2D eigenvalue weighted by molar-refractivity contribution is 5.93. The molecule has 38 heavy (non-hydrogen) atoms. The molecule has 5 aliphatic rings. The lowest BCUT2D eigenvalue weighted by atomic mass is 9.50. The molecule has 204 valence electrons. The van der Waals surface area contributed by atoms with Crippen molar-refractivity contribution in [2.75, 3.05) is 38.8 Å². The van der Waals surface area contributed by atoms with Crippen LogP contribution in [0.15, 0.2) is 47.1 Å². The fourth-order valence-corrected chi connectivity index (χ4v) is 9.17. The standard InChI is InChI=1S/C33H43NO4/c1-32-20-28(22-7-10-24(11-8-22)34-17-5-4-6-18-34)31-26-14-12-25(35)19-23(26)9-13-27(31)29(32)15-16-33(32,38-3)30(36)21-37-2/h7-8,10-11,19,27-29H,4-6,9,12-18,20-21H2,1-3H3/t27-,28+,29-,32-,33-/m0/s1. The van der Waals surface area contributed by atoms with Crippen LogP contribution in [0.1, 0.15) is 82.6 Å². The number of piperidine rings is 1. The van der Waals surface area contributed by atoms with Gasteiger partial charge >= 0.3 is 0 Å². The number of carbonyl (C=O) groups excluding carboxylic acids is 2. The van der Waals surface area contributed by atoms with Crippen LogP contribution in [0.4, 0.5) is 5.69 Å². The number of ketones is 2. The van der Waals surface area contributed by atoms with Crippen LogP contribution < -0.4 is 4.90 Å². The van der Waals surface area contributed by atoms with Gasteiger partial charge in [-0.25, -0.2) is 0 Å². The Morgan fingerprint density at radius 3 is 2.50 bits per heavy atom. The van der Waals surface area contributed by atoms with E-state index in [1.807, 2.05) is 6.08 Å². The summed E-state index contributed by atoms with van der Waals surface area (Å²) >= 11 is 0. The van der Waals surface area contributed by atoms with Gasteiger partial charge in [0.05, 0.1) is 0 Å². The van der Waals surface area contributed by atoms with E-state index >= 15 is 0 Å². The molecule has 0 amide bonds. The number of rotatable bonds is 6. The summed E-state index contributed by atoms with van der Waals surface area (Å²) in [7, 11) is 3.33. The molecule has 0 N–H and O–H groups in total. The first-order valence-electron chi connectivity index (χ1n) is 14.8. The number of hydrogen-bond acceptors (Lipinski definition) is 5. The normalized spacial score (nSPS) is 34.9. The molecule has 1 aliphatic heterocycles. The Bertz CT molecular complexity index is 1160. The highest BCUT2D eigenvalue weighted by atomic mass is 16.5. The molecule has 0 unspecified atom stereocenters. The zero-order valence-corrected chi connectivity index (χ0v) is 23.4. The van der Waals surface area contributed by atoms with E-state index in [9.17, 15) is 9.59 Å². The molecule has 5 atom stereocenters. The van der Waals surface area contributed by atoms with Crippen LogP contribution in [-0.2, 0) is 19.1 Å². The smallest absolute Gasteiger partial charge is 0.190 e. The number of Topliss-reactive ketones (excluding diaryl/α,β-unsaturated/α-hetero) is 1. The number of benzene rings is 1. The molecular formula is C33H43NO4. The second-order valence-corrected chi connectivity index (χ2v) is 12.6. The van der Waals surface area contributed by atoms with Crippen LogP contribution in [-0.4, -0.2) is 51.1 Å². The predicted molar refractivity (Wildman–Crippen MR) is 149 cm³/mol. The van der Waals surface area contributed by atoms with Crippen molar-refractivity contribution in [3.63, 3.8) is 0 Å². The molecule has 5 heteroatoms. The Morgan fingerprint density at radius 2 is 1.79 bits per heavy atom. The van der Waals surface area contributed by atoms with E-state index in [1.54, 1.807) is 19.8 Å². The molecule has 3 fully saturated rings. The van der Waals surface area contributed by atoms with Crippen molar-refractivity contribution in [2.45, 2.75) is 82.7 Å². The molecule has 1 heterocycles. The van der Waals surface area contributed by atoms with Gasteiger partial charge in [0.1, 0.15) is 12.2 Å². The molecule has 0 aromatic heterocycles. The van der Waals surface area contributed by atoms with Crippen LogP contribution >= 0.6 is 0 Å².